The molecule has 154 valence electrons. The monoisotopic (exact) mass is 380 g/mol. The lowest BCUT2D eigenvalue weighted by molar-refractivity contribution is -0.132. The van der Waals surface area contributed by atoms with Gasteiger partial charge in [-0.05, 0) is 71.1 Å². The molecule has 0 aromatic carbocycles. The van der Waals surface area contributed by atoms with E-state index in [0.717, 1.165) is 71.5 Å². The molecule has 0 saturated carbocycles. The normalized spacial score (nSPS) is 29.0. The Kier molecular flexibility index (Phi) is 7.11. The van der Waals surface area contributed by atoms with E-state index in [-0.39, 0.29) is 17.7 Å². The minimum absolute atomic E-state index is 0.00385. The van der Waals surface area contributed by atoms with Crippen molar-refractivity contribution in [1.29, 1.82) is 0 Å². The summed E-state index contributed by atoms with van der Waals surface area (Å²) in [6.45, 7) is 6.79. The van der Waals surface area contributed by atoms with E-state index in [2.05, 4.69) is 9.80 Å². The summed E-state index contributed by atoms with van der Waals surface area (Å²) in [5.74, 6) is -0.00926. The maximum Gasteiger partial charge on any atom is 0.223 e. The Hall–Kier alpha value is -1.18. The number of carbonyl (C=O) groups is 2. The van der Waals surface area contributed by atoms with Crippen molar-refractivity contribution in [2.45, 2.75) is 57.0 Å². The molecule has 0 aromatic heterocycles. The number of carbonyl (C=O) groups excluding carboxylic acids is 2. The number of nitrogens with two attached hydrogens (primary N) is 1. The van der Waals surface area contributed by atoms with Crippen molar-refractivity contribution in [1.82, 2.24) is 14.7 Å². The van der Waals surface area contributed by atoms with E-state index in [9.17, 15) is 14.7 Å². The van der Waals surface area contributed by atoms with Crippen LogP contribution in [-0.2, 0) is 9.59 Å². The highest BCUT2D eigenvalue weighted by Gasteiger charge is 2.34. The van der Waals surface area contributed by atoms with Gasteiger partial charge in [0.1, 0.15) is 0 Å². The highest BCUT2D eigenvalue weighted by molar-refractivity contribution is 5.77. The Labute approximate surface area is 162 Å². The molecule has 3 N–H and O–H groups in total. The summed E-state index contributed by atoms with van der Waals surface area (Å²) >= 11 is 0. The third-order valence-electron chi connectivity index (χ3n) is 6.62. The van der Waals surface area contributed by atoms with E-state index in [1.54, 1.807) is 0 Å². The van der Waals surface area contributed by atoms with Gasteiger partial charge >= 0.3 is 0 Å². The number of hydrogen-bond donors (Lipinski definition) is 2. The number of rotatable bonds is 6. The highest BCUT2D eigenvalue weighted by Crippen LogP contribution is 2.25. The summed E-state index contributed by atoms with van der Waals surface area (Å²) in [6.07, 6.45) is 6.93. The van der Waals surface area contributed by atoms with Gasteiger partial charge in [0.25, 0.3) is 0 Å². The zero-order chi connectivity index (χ0) is 19.3. The number of piperidine rings is 1. The highest BCUT2D eigenvalue weighted by atomic mass is 16.3. The van der Waals surface area contributed by atoms with E-state index < -0.39 is 5.60 Å². The molecular weight excluding hydrogens is 344 g/mol. The van der Waals surface area contributed by atoms with E-state index in [4.69, 9.17) is 5.73 Å². The van der Waals surface area contributed by atoms with Crippen molar-refractivity contribution in [2.75, 3.05) is 52.4 Å². The van der Waals surface area contributed by atoms with Crippen molar-refractivity contribution >= 4 is 11.8 Å². The molecule has 0 radical (unpaired) electrons. The van der Waals surface area contributed by atoms with Crippen molar-refractivity contribution < 1.29 is 14.7 Å². The fourth-order valence-electron chi connectivity index (χ4n) is 4.80. The molecule has 3 heterocycles. The maximum absolute atomic E-state index is 12.7. The summed E-state index contributed by atoms with van der Waals surface area (Å²) in [4.78, 5) is 30.5. The summed E-state index contributed by atoms with van der Waals surface area (Å²) in [5.41, 5.74) is 4.74. The molecule has 3 aliphatic rings. The topological polar surface area (TPSA) is 90.1 Å². The zero-order valence-corrected chi connectivity index (χ0v) is 16.6. The van der Waals surface area contributed by atoms with Gasteiger partial charge < -0.3 is 25.5 Å². The van der Waals surface area contributed by atoms with Crippen molar-refractivity contribution in [3.63, 3.8) is 0 Å². The Bertz CT molecular complexity index is 515. The van der Waals surface area contributed by atoms with Gasteiger partial charge in [0, 0.05) is 38.5 Å². The van der Waals surface area contributed by atoms with Crippen molar-refractivity contribution in [3.05, 3.63) is 0 Å². The number of nitrogens with zero attached hydrogens (tertiary/aromatic N) is 3. The number of amides is 2. The van der Waals surface area contributed by atoms with Gasteiger partial charge in [-0.15, -0.1) is 0 Å². The zero-order valence-electron chi connectivity index (χ0n) is 16.6. The van der Waals surface area contributed by atoms with E-state index in [1.807, 2.05) is 4.90 Å². The smallest absolute Gasteiger partial charge is 0.223 e. The van der Waals surface area contributed by atoms with Gasteiger partial charge in [-0.2, -0.15) is 0 Å². The van der Waals surface area contributed by atoms with Crippen LogP contribution in [0, 0.1) is 5.92 Å². The number of likely N-dealkylation sites (tertiary alicyclic amines) is 3. The number of β-amino-alcohol motifs (C(OH)–C–C–N with tert-alkyl or cyclic N) is 1. The summed E-state index contributed by atoms with van der Waals surface area (Å²) in [5, 5.41) is 11.0. The molecule has 3 saturated heterocycles. The Morgan fingerprint density at radius 1 is 0.926 bits per heavy atom. The molecule has 3 fully saturated rings. The van der Waals surface area contributed by atoms with Gasteiger partial charge in [0.15, 0.2) is 0 Å². The molecule has 1 atom stereocenters. The van der Waals surface area contributed by atoms with Crippen LogP contribution >= 0.6 is 0 Å². The van der Waals surface area contributed by atoms with Crippen LogP contribution in [0.4, 0.5) is 0 Å². The number of hydrogen-bond acceptors (Lipinski definition) is 5. The predicted octanol–water partition coefficient (Wildman–Crippen LogP) is 0.413. The second kappa shape index (κ2) is 9.34. The largest absolute Gasteiger partial charge is 0.388 e. The summed E-state index contributed by atoms with van der Waals surface area (Å²) in [7, 11) is 0. The van der Waals surface area contributed by atoms with E-state index in [1.165, 1.54) is 12.8 Å². The fraction of sp³-hybridized carbons (Fsp3) is 0.900. The molecule has 0 aliphatic carbocycles. The SMILES string of the molecule is NC(=O)C1CCN(CCC(=O)N2CCC[C@](O)(CN3CCCC3)CC2)CC1. The third kappa shape index (κ3) is 5.90. The minimum atomic E-state index is -0.643. The molecule has 0 unspecified atom stereocenters. The maximum atomic E-state index is 12.7. The van der Waals surface area contributed by atoms with Gasteiger partial charge in [-0.1, -0.05) is 0 Å². The quantitative estimate of drug-likeness (QED) is 0.697. The van der Waals surface area contributed by atoms with Crippen LogP contribution in [0.15, 0.2) is 0 Å². The summed E-state index contributed by atoms with van der Waals surface area (Å²) in [6, 6.07) is 0. The molecule has 27 heavy (non-hydrogen) atoms. The molecule has 3 aliphatic heterocycles. The average molecular weight is 381 g/mol. The first-order chi connectivity index (χ1) is 13.0. The lowest BCUT2D eigenvalue weighted by atomic mass is 9.94. The fourth-order valence-corrected chi connectivity index (χ4v) is 4.80. The molecular formula is C20H36N4O3. The standard InChI is InChI=1S/C20H36N4O3/c21-19(26)17-4-12-22(13-5-17)14-6-18(25)24-11-3-7-20(27,8-15-24)16-23-9-1-2-10-23/h17,27H,1-16H2,(H2,21,26)/t20-/m1/s1. The van der Waals surface area contributed by atoms with Crippen molar-refractivity contribution in [3.8, 4) is 0 Å². The van der Waals surface area contributed by atoms with Crippen LogP contribution in [0.25, 0.3) is 0 Å². The number of primary amides is 1. The average Bonchev–Trinajstić information content (AvgIpc) is 3.07. The molecule has 0 spiro atoms. The van der Waals surface area contributed by atoms with Crippen LogP contribution in [0.2, 0.25) is 0 Å². The predicted molar refractivity (Wildman–Crippen MR) is 104 cm³/mol. The Morgan fingerprint density at radius 2 is 1.63 bits per heavy atom. The van der Waals surface area contributed by atoms with Gasteiger partial charge in [0.05, 0.1) is 5.60 Å². The van der Waals surface area contributed by atoms with Gasteiger partial charge in [0.2, 0.25) is 11.8 Å². The van der Waals surface area contributed by atoms with E-state index >= 15 is 0 Å². The number of aliphatic hydroxyl groups is 1. The summed E-state index contributed by atoms with van der Waals surface area (Å²) < 4.78 is 0. The second-order valence-electron chi connectivity index (χ2n) is 8.71. The first kappa shape index (κ1) is 20.6. The Morgan fingerprint density at radius 3 is 2.30 bits per heavy atom. The third-order valence-corrected chi connectivity index (χ3v) is 6.62. The van der Waals surface area contributed by atoms with Crippen LogP contribution < -0.4 is 5.73 Å². The molecule has 7 nitrogen and oxygen atoms in total. The Balaban J connectivity index is 1.39. The van der Waals surface area contributed by atoms with Crippen molar-refractivity contribution in [2.24, 2.45) is 11.7 Å². The van der Waals surface area contributed by atoms with Crippen LogP contribution in [-0.4, -0.2) is 89.6 Å². The van der Waals surface area contributed by atoms with Gasteiger partial charge in [-0.3, -0.25) is 9.59 Å². The lowest BCUT2D eigenvalue weighted by Crippen LogP contribution is -2.43. The van der Waals surface area contributed by atoms with Crippen LogP contribution in [0.5, 0.6) is 0 Å². The van der Waals surface area contributed by atoms with Crippen LogP contribution in [0.3, 0.4) is 0 Å². The second-order valence-corrected chi connectivity index (χ2v) is 8.71. The molecule has 2 amide bonds. The van der Waals surface area contributed by atoms with Gasteiger partial charge in [-0.25, -0.2) is 0 Å². The first-order valence-electron chi connectivity index (χ1n) is 10.7. The molecule has 0 bridgehead atoms. The molecule has 7 heteroatoms. The molecule has 0 aromatic rings. The van der Waals surface area contributed by atoms with E-state index in [0.29, 0.717) is 19.4 Å². The first-order valence-corrected chi connectivity index (χ1v) is 10.7. The minimum Gasteiger partial charge on any atom is -0.388 e. The molecule has 3 rings (SSSR count). The van der Waals surface area contributed by atoms with Crippen LogP contribution in [0.1, 0.15) is 51.4 Å². The lowest BCUT2D eigenvalue weighted by Gasteiger charge is -2.32.